The van der Waals surface area contributed by atoms with Crippen LogP contribution in [-0.4, -0.2) is 29.1 Å². The van der Waals surface area contributed by atoms with E-state index in [4.69, 9.17) is 0 Å². The number of hydrogen-bond donors (Lipinski definition) is 3. The van der Waals surface area contributed by atoms with Gasteiger partial charge in [-0.1, -0.05) is 0 Å². The molecule has 1 aromatic rings. The molecule has 0 unspecified atom stereocenters. The molecule has 0 aromatic carbocycles. The minimum Gasteiger partial charge on any atom is -0.504 e. The molecule has 92 valence electrons. The molecule has 2 rings (SSSR count). The van der Waals surface area contributed by atoms with Crippen molar-refractivity contribution in [3.05, 3.63) is 18.3 Å². The fraction of sp³-hybridized carbons (Fsp3) is 0.500. The summed E-state index contributed by atoms with van der Waals surface area (Å²) in [5, 5.41) is 15.4. The Labute approximate surface area is 100 Å². The van der Waals surface area contributed by atoms with Crippen molar-refractivity contribution in [3.8, 4) is 5.75 Å². The van der Waals surface area contributed by atoms with Gasteiger partial charge in [-0.2, -0.15) is 0 Å². The molecule has 5 heteroatoms. The summed E-state index contributed by atoms with van der Waals surface area (Å²) in [5.74, 6) is 0.121. The van der Waals surface area contributed by atoms with E-state index in [1.165, 1.54) is 12.3 Å². The molecule has 0 bridgehead atoms. The highest BCUT2D eigenvalue weighted by molar-refractivity contribution is 5.95. The molecular formula is C12H17N3O2. The highest BCUT2D eigenvalue weighted by atomic mass is 16.3. The fourth-order valence-electron chi connectivity index (χ4n) is 2.00. The molecule has 0 saturated carbocycles. The number of hydrogen-bond acceptors (Lipinski definition) is 4. The quantitative estimate of drug-likeness (QED) is 0.718. The Hall–Kier alpha value is -1.62. The number of aromatic hydroxyl groups is 1. The second-order valence-corrected chi connectivity index (χ2v) is 4.67. The van der Waals surface area contributed by atoms with E-state index in [1.807, 2.05) is 6.92 Å². The lowest BCUT2D eigenvalue weighted by atomic mass is 9.82. The largest absolute Gasteiger partial charge is 0.504 e. The number of aromatic nitrogens is 1. The third-order valence-corrected chi connectivity index (χ3v) is 3.16. The van der Waals surface area contributed by atoms with Gasteiger partial charge in [0.25, 0.3) is 0 Å². The van der Waals surface area contributed by atoms with Crippen LogP contribution in [0.1, 0.15) is 19.8 Å². The SMILES string of the molecule is C[C@@]1(C(=O)Nc2ncccc2O)CCCNC1. The molecule has 1 amide bonds. The van der Waals surface area contributed by atoms with Crippen molar-refractivity contribution in [3.63, 3.8) is 0 Å². The maximum atomic E-state index is 12.1. The van der Waals surface area contributed by atoms with E-state index in [9.17, 15) is 9.90 Å². The summed E-state index contributed by atoms with van der Waals surface area (Å²) >= 11 is 0. The van der Waals surface area contributed by atoms with Gasteiger partial charge in [0.15, 0.2) is 11.6 Å². The van der Waals surface area contributed by atoms with Gasteiger partial charge in [-0.25, -0.2) is 4.98 Å². The summed E-state index contributed by atoms with van der Waals surface area (Å²) in [6.45, 7) is 3.54. The van der Waals surface area contributed by atoms with Crippen molar-refractivity contribution in [2.45, 2.75) is 19.8 Å². The summed E-state index contributed by atoms with van der Waals surface area (Å²) in [6, 6.07) is 3.12. The van der Waals surface area contributed by atoms with Gasteiger partial charge in [-0.15, -0.1) is 0 Å². The van der Waals surface area contributed by atoms with Crippen LogP contribution in [0.5, 0.6) is 5.75 Å². The van der Waals surface area contributed by atoms with Crippen molar-refractivity contribution in [1.82, 2.24) is 10.3 Å². The predicted molar refractivity (Wildman–Crippen MR) is 64.7 cm³/mol. The second-order valence-electron chi connectivity index (χ2n) is 4.67. The first kappa shape index (κ1) is 11.9. The number of pyridine rings is 1. The predicted octanol–water partition coefficient (Wildman–Crippen LogP) is 1.12. The molecule has 1 saturated heterocycles. The molecule has 1 fully saturated rings. The standard InChI is InChI=1S/C12H17N3O2/c1-12(5-3-6-13-8-12)11(17)15-10-9(16)4-2-7-14-10/h2,4,7,13,16H,3,5-6,8H2,1H3,(H,14,15,17)/t12-/m1/s1. The van der Waals surface area contributed by atoms with Gasteiger partial charge in [0.2, 0.25) is 5.91 Å². The Morgan fingerprint density at radius 3 is 3.12 bits per heavy atom. The van der Waals surface area contributed by atoms with Gasteiger partial charge in [-0.05, 0) is 38.4 Å². The van der Waals surface area contributed by atoms with Crippen LogP contribution in [0.2, 0.25) is 0 Å². The van der Waals surface area contributed by atoms with Gasteiger partial charge in [0, 0.05) is 12.7 Å². The molecule has 1 aromatic heterocycles. The van der Waals surface area contributed by atoms with Crippen LogP contribution < -0.4 is 10.6 Å². The van der Waals surface area contributed by atoms with Crippen molar-refractivity contribution in [1.29, 1.82) is 0 Å². The zero-order valence-electron chi connectivity index (χ0n) is 9.86. The van der Waals surface area contributed by atoms with Crippen LogP contribution in [0.25, 0.3) is 0 Å². The van der Waals surface area contributed by atoms with Gasteiger partial charge >= 0.3 is 0 Å². The molecule has 0 radical (unpaired) electrons. The van der Waals surface area contributed by atoms with Crippen LogP contribution >= 0.6 is 0 Å². The van der Waals surface area contributed by atoms with E-state index >= 15 is 0 Å². The van der Waals surface area contributed by atoms with E-state index in [2.05, 4.69) is 15.6 Å². The topological polar surface area (TPSA) is 74.2 Å². The monoisotopic (exact) mass is 235 g/mol. The molecule has 17 heavy (non-hydrogen) atoms. The molecule has 5 nitrogen and oxygen atoms in total. The van der Waals surface area contributed by atoms with E-state index in [-0.39, 0.29) is 17.5 Å². The summed E-state index contributed by atoms with van der Waals surface area (Å²) in [4.78, 5) is 16.1. The molecular weight excluding hydrogens is 218 g/mol. The Bertz CT molecular complexity index is 414. The van der Waals surface area contributed by atoms with Crippen molar-refractivity contribution in [2.75, 3.05) is 18.4 Å². The molecule has 0 spiro atoms. The zero-order valence-corrected chi connectivity index (χ0v) is 9.86. The molecule has 3 N–H and O–H groups in total. The summed E-state index contributed by atoms with van der Waals surface area (Å²) in [7, 11) is 0. The van der Waals surface area contributed by atoms with Crippen LogP contribution in [0.4, 0.5) is 5.82 Å². The fourth-order valence-corrected chi connectivity index (χ4v) is 2.00. The average molecular weight is 235 g/mol. The van der Waals surface area contributed by atoms with Crippen LogP contribution in [-0.2, 0) is 4.79 Å². The minimum absolute atomic E-state index is 0.00628. The maximum Gasteiger partial charge on any atom is 0.232 e. The lowest BCUT2D eigenvalue weighted by molar-refractivity contribution is -0.125. The smallest absolute Gasteiger partial charge is 0.232 e. The number of rotatable bonds is 2. The molecule has 1 aliphatic rings. The van der Waals surface area contributed by atoms with Crippen molar-refractivity contribution in [2.24, 2.45) is 5.41 Å². The van der Waals surface area contributed by atoms with Crippen LogP contribution in [0.15, 0.2) is 18.3 Å². The number of piperidine rings is 1. The van der Waals surface area contributed by atoms with Gasteiger partial charge in [-0.3, -0.25) is 4.79 Å². The summed E-state index contributed by atoms with van der Waals surface area (Å²) in [5.41, 5.74) is -0.428. The highest BCUT2D eigenvalue weighted by Crippen LogP contribution is 2.28. The Balaban J connectivity index is 2.08. The Morgan fingerprint density at radius 1 is 1.65 bits per heavy atom. The summed E-state index contributed by atoms with van der Waals surface area (Å²) < 4.78 is 0. The van der Waals surface area contributed by atoms with Crippen LogP contribution in [0, 0.1) is 5.41 Å². The molecule has 2 heterocycles. The zero-order chi connectivity index (χ0) is 12.3. The van der Waals surface area contributed by atoms with E-state index < -0.39 is 5.41 Å². The number of carbonyl (C=O) groups excluding carboxylic acids is 1. The number of anilines is 1. The minimum atomic E-state index is -0.428. The Kier molecular flexibility index (Phi) is 3.28. The summed E-state index contributed by atoms with van der Waals surface area (Å²) in [6.07, 6.45) is 3.37. The molecule has 1 atom stereocenters. The van der Waals surface area contributed by atoms with E-state index in [0.29, 0.717) is 6.54 Å². The number of nitrogens with one attached hydrogen (secondary N) is 2. The van der Waals surface area contributed by atoms with Gasteiger partial charge < -0.3 is 15.7 Å². The first-order valence-electron chi connectivity index (χ1n) is 5.78. The number of amides is 1. The maximum absolute atomic E-state index is 12.1. The van der Waals surface area contributed by atoms with E-state index in [1.54, 1.807) is 6.07 Å². The third kappa shape index (κ3) is 2.55. The first-order chi connectivity index (χ1) is 8.12. The van der Waals surface area contributed by atoms with Gasteiger partial charge in [0.05, 0.1) is 5.41 Å². The first-order valence-corrected chi connectivity index (χ1v) is 5.78. The van der Waals surface area contributed by atoms with Crippen LogP contribution in [0.3, 0.4) is 0 Å². The van der Waals surface area contributed by atoms with E-state index in [0.717, 1.165) is 19.4 Å². The number of nitrogens with zero attached hydrogens (tertiary/aromatic N) is 1. The molecule has 0 aliphatic carbocycles. The molecule has 1 aliphatic heterocycles. The normalized spacial score (nSPS) is 24.3. The van der Waals surface area contributed by atoms with Gasteiger partial charge in [0.1, 0.15) is 0 Å². The van der Waals surface area contributed by atoms with Crippen molar-refractivity contribution < 1.29 is 9.90 Å². The average Bonchev–Trinajstić information content (AvgIpc) is 2.33. The van der Waals surface area contributed by atoms with Crippen molar-refractivity contribution >= 4 is 11.7 Å². The number of carbonyl (C=O) groups is 1. The Morgan fingerprint density at radius 2 is 2.47 bits per heavy atom. The highest BCUT2D eigenvalue weighted by Gasteiger charge is 2.35. The lowest BCUT2D eigenvalue weighted by Crippen LogP contribution is -2.46. The second kappa shape index (κ2) is 4.71. The third-order valence-electron chi connectivity index (χ3n) is 3.16. The lowest BCUT2D eigenvalue weighted by Gasteiger charge is -2.32.